The number of piperidine rings is 2. The first kappa shape index (κ1) is 14.7. The Balaban J connectivity index is 1.95. The maximum atomic E-state index is 12.7. The number of ketones is 1. The van der Waals surface area contributed by atoms with Crippen LogP contribution in [0.4, 0.5) is 18.9 Å². The average Bonchev–Trinajstić information content (AvgIpc) is 2.37. The number of hydrogen-bond donors (Lipinski definition) is 0. The number of Topliss-reactive ketones (excluding diaryl/α,β-unsaturated/α-hetero) is 1. The summed E-state index contributed by atoms with van der Waals surface area (Å²) in [6, 6.07) is 3.61. The molecule has 0 amide bonds. The minimum atomic E-state index is -4.39. The highest BCUT2D eigenvalue weighted by molar-refractivity contribution is 6.33. The molecule has 2 fully saturated rings. The highest BCUT2D eigenvalue weighted by Crippen LogP contribution is 2.41. The fourth-order valence-electron chi connectivity index (χ4n) is 3.46. The van der Waals surface area contributed by atoms with E-state index < -0.39 is 11.7 Å². The van der Waals surface area contributed by atoms with Crippen molar-refractivity contribution in [2.75, 3.05) is 4.90 Å². The standard InChI is InChI=1S/C15H15ClF3NO/c16-13-6-9(15(17,18)19)4-5-14(13)20-10-2-1-3-11(20)8-12(21)7-10/h4-6,10-11H,1-3,7-8H2. The monoisotopic (exact) mass is 317 g/mol. The minimum Gasteiger partial charge on any atom is -0.363 e. The van der Waals surface area contributed by atoms with Gasteiger partial charge in [-0.2, -0.15) is 13.2 Å². The van der Waals surface area contributed by atoms with E-state index in [9.17, 15) is 18.0 Å². The molecule has 0 aliphatic carbocycles. The lowest BCUT2D eigenvalue weighted by molar-refractivity contribution is -0.137. The first-order chi connectivity index (χ1) is 9.86. The smallest absolute Gasteiger partial charge is 0.363 e. The molecule has 0 aromatic heterocycles. The maximum absolute atomic E-state index is 12.7. The van der Waals surface area contributed by atoms with Gasteiger partial charge in [-0.05, 0) is 37.5 Å². The van der Waals surface area contributed by atoms with Crippen molar-refractivity contribution in [3.63, 3.8) is 0 Å². The molecule has 2 saturated heterocycles. The minimum absolute atomic E-state index is 0.0687. The Morgan fingerprint density at radius 3 is 2.29 bits per heavy atom. The van der Waals surface area contributed by atoms with E-state index in [2.05, 4.69) is 4.90 Å². The topological polar surface area (TPSA) is 20.3 Å². The molecule has 2 unspecified atom stereocenters. The average molecular weight is 318 g/mol. The van der Waals surface area contributed by atoms with E-state index in [0.717, 1.165) is 31.4 Å². The van der Waals surface area contributed by atoms with Crippen LogP contribution in [0.2, 0.25) is 5.02 Å². The summed E-state index contributed by atoms with van der Waals surface area (Å²) in [7, 11) is 0. The van der Waals surface area contributed by atoms with Gasteiger partial charge < -0.3 is 4.90 Å². The number of carbonyl (C=O) groups excluding carboxylic acids is 1. The number of carbonyl (C=O) groups is 1. The van der Waals surface area contributed by atoms with E-state index in [-0.39, 0.29) is 22.9 Å². The van der Waals surface area contributed by atoms with E-state index in [1.807, 2.05) is 0 Å². The van der Waals surface area contributed by atoms with Crippen molar-refractivity contribution in [2.24, 2.45) is 0 Å². The third kappa shape index (κ3) is 2.76. The number of nitrogens with zero attached hydrogens (tertiary/aromatic N) is 1. The van der Waals surface area contributed by atoms with Crippen LogP contribution >= 0.6 is 11.6 Å². The Morgan fingerprint density at radius 2 is 1.76 bits per heavy atom. The number of hydrogen-bond acceptors (Lipinski definition) is 2. The molecule has 0 N–H and O–H groups in total. The van der Waals surface area contributed by atoms with Gasteiger partial charge in [0.05, 0.1) is 16.3 Å². The van der Waals surface area contributed by atoms with Gasteiger partial charge in [0.2, 0.25) is 0 Å². The fraction of sp³-hybridized carbons (Fsp3) is 0.533. The van der Waals surface area contributed by atoms with Crippen molar-refractivity contribution >= 4 is 23.1 Å². The third-order valence-electron chi connectivity index (χ3n) is 4.34. The van der Waals surface area contributed by atoms with Crippen LogP contribution in [-0.4, -0.2) is 17.9 Å². The largest absolute Gasteiger partial charge is 0.416 e. The normalized spacial score (nSPS) is 26.1. The van der Waals surface area contributed by atoms with E-state index in [1.54, 1.807) is 0 Å². The SMILES string of the molecule is O=C1CC2CCCC(C1)N2c1ccc(C(F)(F)F)cc1Cl. The Bertz CT molecular complexity index is 557. The van der Waals surface area contributed by atoms with Gasteiger partial charge in [-0.1, -0.05) is 11.6 Å². The quantitative estimate of drug-likeness (QED) is 0.762. The second-order valence-electron chi connectivity index (χ2n) is 5.76. The lowest BCUT2D eigenvalue weighted by Crippen LogP contribution is -2.52. The molecule has 0 saturated carbocycles. The van der Waals surface area contributed by atoms with Gasteiger partial charge in [0.15, 0.2) is 0 Å². The zero-order chi connectivity index (χ0) is 15.2. The van der Waals surface area contributed by atoms with Crippen molar-refractivity contribution in [3.8, 4) is 0 Å². The molecule has 2 bridgehead atoms. The molecule has 2 aliphatic heterocycles. The zero-order valence-electron chi connectivity index (χ0n) is 11.3. The molecule has 6 heteroatoms. The third-order valence-corrected chi connectivity index (χ3v) is 4.64. The van der Waals surface area contributed by atoms with Gasteiger partial charge in [-0.15, -0.1) is 0 Å². The molecule has 1 aromatic rings. The van der Waals surface area contributed by atoms with Gasteiger partial charge in [-0.3, -0.25) is 4.79 Å². The first-order valence-electron chi connectivity index (χ1n) is 7.03. The van der Waals surface area contributed by atoms with Gasteiger partial charge >= 0.3 is 6.18 Å². The fourth-order valence-corrected chi connectivity index (χ4v) is 3.74. The number of fused-ring (bicyclic) bond motifs is 2. The molecule has 2 atom stereocenters. The molecular formula is C15H15ClF3NO. The summed E-state index contributed by atoms with van der Waals surface area (Å²) in [5.41, 5.74) is -0.124. The molecule has 114 valence electrons. The van der Waals surface area contributed by atoms with Crippen molar-refractivity contribution < 1.29 is 18.0 Å². The Morgan fingerprint density at radius 1 is 1.14 bits per heavy atom. The lowest BCUT2D eigenvalue weighted by Gasteiger charge is -2.47. The van der Waals surface area contributed by atoms with Crippen molar-refractivity contribution in [1.82, 2.24) is 0 Å². The van der Waals surface area contributed by atoms with E-state index in [4.69, 9.17) is 11.6 Å². The number of alkyl halides is 3. The first-order valence-corrected chi connectivity index (χ1v) is 7.41. The molecule has 3 rings (SSSR count). The lowest BCUT2D eigenvalue weighted by atomic mass is 9.83. The van der Waals surface area contributed by atoms with E-state index >= 15 is 0 Å². The molecule has 2 heterocycles. The summed E-state index contributed by atoms with van der Waals surface area (Å²) >= 11 is 6.09. The second kappa shape index (κ2) is 5.20. The molecule has 2 aliphatic rings. The summed E-state index contributed by atoms with van der Waals surface area (Å²) in [6.45, 7) is 0. The predicted molar refractivity (Wildman–Crippen MR) is 74.6 cm³/mol. The second-order valence-corrected chi connectivity index (χ2v) is 6.16. The number of anilines is 1. The van der Waals surface area contributed by atoms with E-state index in [0.29, 0.717) is 18.5 Å². The molecule has 21 heavy (non-hydrogen) atoms. The molecule has 1 aromatic carbocycles. The van der Waals surface area contributed by atoms with Crippen molar-refractivity contribution in [2.45, 2.75) is 50.4 Å². The van der Waals surface area contributed by atoms with Gasteiger partial charge in [-0.25, -0.2) is 0 Å². The summed E-state index contributed by atoms with van der Waals surface area (Å²) in [4.78, 5) is 13.8. The molecule has 0 radical (unpaired) electrons. The van der Waals surface area contributed by atoms with E-state index in [1.165, 1.54) is 6.07 Å². The molecule has 2 nitrogen and oxygen atoms in total. The van der Waals surface area contributed by atoms with Crippen LogP contribution in [0, 0.1) is 0 Å². The van der Waals surface area contributed by atoms with Crippen LogP contribution in [0.3, 0.4) is 0 Å². The Hall–Kier alpha value is -1.23. The van der Waals surface area contributed by atoms with Crippen LogP contribution in [0.15, 0.2) is 18.2 Å². The highest BCUT2D eigenvalue weighted by atomic mass is 35.5. The summed E-state index contributed by atoms with van der Waals surface area (Å²) in [5, 5.41) is 0.107. The molecule has 0 spiro atoms. The van der Waals surface area contributed by atoms with Gasteiger partial charge in [0, 0.05) is 24.9 Å². The van der Waals surface area contributed by atoms with Crippen LogP contribution < -0.4 is 4.90 Å². The van der Waals surface area contributed by atoms with Crippen LogP contribution in [0.5, 0.6) is 0 Å². The van der Waals surface area contributed by atoms with Crippen molar-refractivity contribution in [3.05, 3.63) is 28.8 Å². The maximum Gasteiger partial charge on any atom is 0.416 e. The van der Waals surface area contributed by atoms with Gasteiger partial charge in [0.25, 0.3) is 0 Å². The highest BCUT2D eigenvalue weighted by Gasteiger charge is 2.39. The Kier molecular flexibility index (Phi) is 3.64. The Labute approximate surface area is 125 Å². The number of benzene rings is 1. The summed E-state index contributed by atoms with van der Waals surface area (Å²) < 4.78 is 38.1. The van der Waals surface area contributed by atoms with Crippen molar-refractivity contribution in [1.29, 1.82) is 0 Å². The molecular weight excluding hydrogens is 303 g/mol. The summed E-state index contributed by atoms with van der Waals surface area (Å²) in [5.74, 6) is 0.240. The van der Waals surface area contributed by atoms with Crippen LogP contribution in [0.25, 0.3) is 0 Å². The number of halogens is 4. The van der Waals surface area contributed by atoms with Crippen LogP contribution in [-0.2, 0) is 11.0 Å². The van der Waals surface area contributed by atoms with Crippen LogP contribution in [0.1, 0.15) is 37.7 Å². The number of rotatable bonds is 1. The predicted octanol–water partition coefficient (Wildman–Crippen LogP) is 4.45. The zero-order valence-corrected chi connectivity index (χ0v) is 12.0. The van der Waals surface area contributed by atoms with Gasteiger partial charge in [0.1, 0.15) is 5.78 Å². The summed E-state index contributed by atoms with van der Waals surface area (Å²) in [6.07, 6.45) is -0.631.